The van der Waals surface area contributed by atoms with E-state index in [4.69, 9.17) is 37.0 Å². The van der Waals surface area contributed by atoms with E-state index in [-0.39, 0.29) is 25.7 Å². The molecule has 5 atom stereocenters. The van der Waals surface area contributed by atoms with Gasteiger partial charge in [-0.25, -0.2) is 9.13 Å². The van der Waals surface area contributed by atoms with Gasteiger partial charge in [0.1, 0.15) is 19.3 Å². The molecule has 17 nitrogen and oxygen atoms in total. The molecule has 0 aliphatic carbocycles. The summed E-state index contributed by atoms with van der Waals surface area (Å²) in [4.78, 5) is 69.3. The molecule has 57 heavy (non-hydrogen) atoms. The second-order valence-electron chi connectivity index (χ2n) is 14.0. The SMILES string of the molecule is CCCCCCCCCCCC(=O)O[C@H](COC(=O)CCCCC)COP(=O)(O)OC[C@H](O)COP(=O)(O)OC[C@@H](COC(=O)CCCC)OC(=O)CCCCC. The van der Waals surface area contributed by atoms with E-state index < -0.39 is 97.5 Å². The fourth-order valence-corrected chi connectivity index (χ4v) is 6.59. The number of hydrogen-bond acceptors (Lipinski definition) is 15. The largest absolute Gasteiger partial charge is 0.472 e. The maximum atomic E-state index is 12.6. The standard InChI is InChI=1S/C38H72O17P2/c1-5-9-13-14-15-16-17-18-21-25-38(43)55-34(29-49-36(41)23-19-10-6-2)31-53-57(46,47)51-27-32(39)26-50-56(44,45)52-30-33(28-48-35(40)22-12-8-4)54-37(42)24-20-11-7-3/h32-34,39H,5-31H2,1-4H3,(H,44,45)(H,46,47)/t32-,33-,34-/m1/s1. The maximum absolute atomic E-state index is 12.6. The molecule has 0 radical (unpaired) electrons. The Labute approximate surface area is 339 Å². The number of rotatable bonds is 39. The van der Waals surface area contributed by atoms with Crippen molar-refractivity contribution in [1.29, 1.82) is 0 Å². The number of phosphoric acid groups is 2. The first-order valence-electron chi connectivity index (χ1n) is 20.8. The fourth-order valence-electron chi connectivity index (χ4n) is 5.02. The van der Waals surface area contributed by atoms with Crippen LogP contribution in [-0.4, -0.2) is 96.7 Å². The lowest BCUT2D eigenvalue weighted by Gasteiger charge is -2.21. The van der Waals surface area contributed by atoms with Crippen LogP contribution in [0.3, 0.4) is 0 Å². The first kappa shape index (κ1) is 55.1. The average Bonchev–Trinajstić information content (AvgIpc) is 3.17. The summed E-state index contributed by atoms with van der Waals surface area (Å²) in [6.45, 7) is 4.02. The Morgan fingerprint density at radius 3 is 1.12 bits per heavy atom. The molecule has 0 aromatic carbocycles. The molecule has 0 rings (SSSR count). The van der Waals surface area contributed by atoms with Crippen molar-refractivity contribution >= 4 is 39.5 Å². The van der Waals surface area contributed by atoms with Gasteiger partial charge in [-0.05, 0) is 25.7 Å². The Balaban J connectivity index is 5.00. The minimum atomic E-state index is -4.89. The van der Waals surface area contributed by atoms with Crippen molar-refractivity contribution in [1.82, 2.24) is 0 Å². The highest BCUT2D eigenvalue weighted by Gasteiger charge is 2.30. The Hall–Kier alpha value is -1.94. The Morgan fingerprint density at radius 1 is 0.421 bits per heavy atom. The topological polar surface area (TPSA) is 237 Å². The summed E-state index contributed by atoms with van der Waals surface area (Å²) < 4.78 is 65.6. The van der Waals surface area contributed by atoms with E-state index in [1.165, 1.54) is 25.7 Å². The van der Waals surface area contributed by atoms with E-state index in [2.05, 4.69) is 6.92 Å². The molecular formula is C38H72O17P2. The quantitative estimate of drug-likeness (QED) is 0.0231. The molecule has 3 N–H and O–H groups in total. The Bertz CT molecular complexity index is 1170. The summed E-state index contributed by atoms with van der Waals surface area (Å²) in [6.07, 6.45) is 11.7. The van der Waals surface area contributed by atoms with E-state index >= 15 is 0 Å². The summed E-state index contributed by atoms with van der Waals surface area (Å²) in [5, 5.41) is 10.2. The smallest absolute Gasteiger partial charge is 0.462 e. The Kier molecular flexibility index (Phi) is 33.7. The first-order valence-corrected chi connectivity index (χ1v) is 23.8. The first-order chi connectivity index (χ1) is 27.2. The van der Waals surface area contributed by atoms with E-state index in [9.17, 15) is 43.2 Å². The fraction of sp³-hybridized carbons (Fsp3) is 0.895. The normalized spacial score (nSPS) is 15.1. The molecule has 2 unspecified atom stereocenters. The van der Waals surface area contributed by atoms with Gasteiger partial charge in [0.25, 0.3) is 0 Å². The van der Waals surface area contributed by atoms with Gasteiger partial charge in [-0.1, -0.05) is 111 Å². The van der Waals surface area contributed by atoms with Gasteiger partial charge in [0.15, 0.2) is 12.2 Å². The molecule has 0 aliphatic heterocycles. The zero-order valence-corrected chi connectivity index (χ0v) is 36.6. The molecule has 336 valence electrons. The van der Waals surface area contributed by atoms with Crippen molar-refractivity contribution in [3.05, 3.63) is 0 Å². The van der Waals surface area contributed by atoms with E-state index in [0.29, 0.717) is 25.7 Å². The summed E-state index contributed by atoms with van der Waals surface area (Å²) in [6, 6.07) is 0. The van der Waals surface area contributed by atoms with Crippen LogP contribution in [0.1, 0.15) is 163 Å². The number of aliphatic hydroxyl groups excluding tert-OH is 1. The number of ether oxygens (including phenoxy) is 4. The summed E-state index contributed by atoms with van der Waals surface area (Å²) in [7, 11) is -9.78. The molecule has 0 aliphatic rings. The number of esters is 4. The molecule has 0 aromatic rings. The lowest BCUT2D eigenvalue weighted by molar-refractivity contribution is -0.161. The highest BCUT2D eigenvalue weighted by molar-refractivity contribution is 7.47. The number of carbonyl (C=O) groups is 4. The highest BCUT2D eigenvalue weighted by Crippen LogP contribution is 2.45. The van der Waals surface area contributed by atoms with Crippen molar-refractivity contribution in [3.8, 4) is 0 Å². The van der Waals surface area contributed by atoms with Crippen LogP contribution in [0, 0.1) is 0 Å². The van der Waals surface area contributed by atoms with Crippen LogP contribution in [0.2, 0.25) is 0 Å². The predicted molar refractivity (Wildman–Crippen MR) is 211 cm³/mol. The zero-order chi connectivity index (χ0) is 42.8. The lowest BCUT2D eigenvalue weighted by atomic mass is 10.1. The Morgan fingerprint density at radius 2 is 0.719 bits per heavy atom. The van der Waals surface area contributed by atoms with Gasteiger partial charge < -0.3 is 33.8 Å². The van der Waals surface area contributed by atoms with Crippen molar-refractivity contribution in [3.63, 3.8) is 0 Å². The van der Waals surface area contributed by atoms with Crippen LogP contribution in [0.25, 0.3) is 0 Å². The molecule has 0 saturated heterocycles. The number of hydrogen-bond donors (Lipinski definition) is 3. The molecule has 0 aromatic heterocycles. The lowest BCUT2D eigenvalue weighted by Crippen LogP contribution is -2.30. The average molecular weight is 863 g/mol. The van der Waals surface area contributed by atoms with Gasteiger partial charge in [-0.3, -0.25) is 37.3 Å². The van der Waals surface area contributed by atoms with Gasteiger partial charge in [0, 0.05) is 25.7 Å². The summed E-state index contributed by atoms with van der Waals surface area (Å²) >= 11 is 0. The van der Waals surface area contributed by atoms with Gasteiger partial charge in [-0.15, -0.1) is 0 Å². The number of aliphatic hydroxyl groups is 1. The molecule has 0 saturated carbocycles. The van der Waals surface area contributed by atoms with Crippen molar-refractivity contribution in [2.45, 2.75) is 181 Å². The monoisotopic (exact) mass is 862 g/mol. The van der Waals surface area contributed by atoms with Crippen LogP contribution in [-0.2, 0) is 65.4 Å². The second kappa shape index (κ2) is 34.9. The molecule has 0 spiro atoms. The van der Waals surface area contributed by atoms with Crippen LogP contribution in [0.15, 0.2) is 0 Å². The highest BCUT2D eigenvalue weighted by atomic mass is 31.2. The summed E-state index contributed by atoms with van der Waals surface area (Å²) in [5.41, 5.74) is 0. The maximum Gasteiger partial charge on any atom is 0.472 e. The number of carbonyl (C=O) groups excluding carboxylic acids is 4. The number of unbranched alkanes of at least 4 members (excludes halogenated alkanes) is 13. The molecule has 0 bridgehead atoms. The van der Waals surface area contributed by atoms with Crippen molar-refractivity contribution in [2.75, 3.05) is 39.6 Å². The van der Waals surface area contributed by atoms with Crippen molar-refractivity contribution < 1.29 is 80.2 Å². The number of phosphoric ester groups is 2. The van der Waals surface area contributed by atoms with E-state index in [0.717, 1.165) is 57.8 Å². The molecule has 0 heterocycles. The van der Waals surface area contributed by atoms with Crippen LogP contribution < -0.4 is 0 Å². The third-order valence-corrected chi connectivity index (χ3v) is 10.3. The van der Waals surface area contributed by atoms with Gasteiger partial charge in [0.2, 0.25) is 0 Å². The molecular weight excluding hydrogens is 790 g/mol. The van der Waals surface area contributed by atoms with E-state index in [1.54, 1.807) is 0 Å². The van der Waals surface area contributed by atoms with Gasteiger partial charge in [-0.2, -0.15) is 0 Å². The third-order valence-electron chi connectivity index (χ3n) is 8.35. The minimum Gasteiger partial charge on any atom is -0.462 e. The molecule has 0 amide bonds. The van der Waals surface area contributed by atoms with Crippen molar-refractivity contribution in [2.24, 2.45) is 0 Å². The van der Waals surface area contributed by atoms with Gasteiger partial charge in [0.05, 0.1) is 26.4 Å². The third kappa shape index (κ3) is 34.6. The van der Waals surface area contributed by atoms with Crippen LogP contribution in [0.4, 0.5) is 0 Å². The van der Waals surface area contributed by atoms with Crippen LogP contribution in [0.5, 0.6) is 0 Å². The second-order valence-corrected chi connectivity index (χ2v) is 16.9. The molecule has 0 fully saturated rings. The molecule has 19 heteroatoms. The predicted octanol–water partition coefficient (Wildman–Crippen LogP) is 7.80. The van der Waals surface area contributed by atoms with E-state index in [1.807, 2.05) is 20.8 Å². The van der Waals surface area contributed by atoms with Gasteiger partial charge >= 0.3 is 39.5 Å². The minimum absolute atomic E-state index is 0.0871. The zero-order valence-electron chi connectivity index (χ0n) is 34.8. The summed E-state index contributed by atoms with van der Waals surface area (Å²) in [5.74, 6) is -2.26. The van der Waals surface area contributed by atoms with Crippen LogP contribution >= 0.6 is 15.6 Å².